The zero-order valence-corrected chi connectivity index (χ0v) is 7.21. The van der Waals surface area contributed by atoms with Crippen LogP contribution in [0.5, 0.6) is 0 Å². The number of ether oxygens (including phenoxy) is 1. The predicted octanol–water partition coefficient (Wildman–Crippen LogP) is 1.73. The average Bonchev–Trinajstić information content (AvgIpc) is 2.10. The summed E-state index contributed by atoms with van der Waals surface area (Å²) in [6, 6.07) is 1.18. The van der Waals surface area contributed by atoms with Crippen LogP contribution in [0.15, 0.2) is 12.5 Å². The first-order chi connectivity index (χ1) is 5.20. The summed E-state index contributed by atoms with van der Waals surface area (Å²) >= 11 is 0. The topological polar surface area (TPSA) is 12.5 Å². The highest BCUT2D eigenvalue weighted by Gasteiger charge is 2.45. The Morgan fingerprint density at radius 1 is 1.55 bits per heavy atom. The van der Waals surface area contributed by atoms with Crippen LogP contribution >= 0.6 is 0 Å². The van der Waals surface area contributed by atoms with Crippen LogP contribution < -0.4 is 0 Å². The van der Waals surface area contributed by atoms with Crippen molar-refractivity contribution < 1.29 is 4.74 Å². The summed E-state index contributed by atoms with van der Waals surface area (Å²) in [5.74, 6) is 0.882. The second-order valence-corrected chi connectivity index (χ2v) is 3.70. The van der Waals surface area contributed by atoms with Gasteiger partial charge in [0.15, 0.2) is 5.88 Å². The molecule has 0 amide bonds. The molecule has 1 aliphatic carbocycles. The average molecular weight is 153 g/mol. The summed E-state index contributed by atoms with van der Waals surface area (Å²) in [5, 5.41) is 0. The minimum Gasteiger partial charge on any atom is -0.474 e. The maximum absolute atomic E-state index is 5.57. The number of hydrogen-bond acceptors (Lipinski definition) is 2. The maximum atomic E-state index is 5.57. The van der Waals surface area contributed by atoms with Gasteiger partial charge in [-0.1, -0.05) is 0 Å². The number of fused-ring (bicyclic) bond motifs is 1. The van der Waals surface area contributed by atoms with Crippen molar-refractivity contribution in [1.82, 2.24) is 4.90 Å². The van der Waals surface area contributed by atoms with E-state index in [1.165, 1.54) is 12.8 Å². The molecule has 2 atom stereocenters. The first-order valence-corrected chi connectivity index (χ1v) is 4.34. The highest BCUT2D eigenvalue weighted by molar-refractivity contribution is 5.06. The van der Waals surface area contributed by atoms with E-state index in [1.54, 1.807) is 0 Å². The maximum Gasteiger partial charge on any atom is 0.182 e. The zero-order valence-electron chi connectivity index (χ0n) is 7.21. The number of nitrogens with zero attached hydrogens (tertiary/aromatic N) is 1. The van der Waals surface area contributed by atoms with Gasteiger partial charge in [0, 0.05) is 6.04 Å². The van der Waals surface area contributed by atoms with Gasteiger partial charge in [0.05, 0.1) is 6.04 Å². The van der Waals surface area contributed by atoms with Crippen molar-refractivity contribution in [3.63, 3.8) is 0 Å². The molecule has 2 fully saturated rings. The van der Waals surface area contributed by atoms with Crippen molar-refractivity contribution in [3.8, 4) is 0 Å². The second kappa shape index (κ2) is 2.16. The van der Waals surface area contributed by atoms with Gasteiger partial charge in [-0.3, -0.25) is 0 Å². The molecule has 2 rings (SSSR count). The van der Waals surface area contributed by atoms with Gasteiger partial charge in [-0.15, -0.1) is 0 Å². The van der Waals surface area contributed by atoms with E-state index < -0.39 is 0 Å². The Labute approximate surface area is 67.8 Å². The molecule has 2 nitrogen and oxygen atoms in total. The molecule has 0 bridgehead atoms. The third-order valence-electron chi connectivity index (χ3n) is 2.67. The van der Waals surface area contributed by atoms with Gasteiger partial charge >= 0.3 is 0 Å². The van der Waals surface area contributed by atoms with E-state index in [0.29, 0.717) is 18.2 Å². The molecule has 0 N–H and O–H groups in total. The molecule has 2 heteroatoms. The third-order valence-corrected chi connectivity index (χ3v) is 2.67. The normalized spacial score (nSPS) is 35.2. The van der Waals surface area contributed by atoms with Crippen LogP contribution in [0.25, 0.3) is 0 Å². The van der Waals surface area contributed by atoms with Crippen molar-refractivity contribution in [1.29, 1.82) is 0 Å². The summed E-state index contributed by atoms with van der Waals surface area (Å²) in [6.07, 6.45) is 2.96. The van der Waals surface area contributed by atoms with Gasteiger partial charge < -0.3 is 9.64 Å². The van der Waals surface area contributed by atoms with Crippen LogP contribution in [0.2, 0.25) is 0 Å². The lowest BCUT2D eigenvalue weighted by molar-refractivity contribution is 0.0813. The Hall–Kier alpha value is -0.660. The quantitative estimate of drug-likeness (QED) is 0.569. The molecule has 0 unspecified atom stereocenters. The fourth-order valence-electron chi connectivity index (χ4n) is 2.00. The van der Waals surface area contributed by atoms with Gasteiger partial charge in [0.2, 0.25) is 0 Å². The Kier molecular flexibility index (Phi) is 1.38. The van der Waals surface area contributed by atoms with Crippen molar-refractivity contribution in [2.75, 3.05) is 0 Å². The fourth-order valence-corrected chi connectivity index (χ4v) is 2.00. The van der Waals surface area contributed by atoms with E-state index in [9.17, 15) is 0 Å². The van der Waals surface area contributed by atoms with Gasteiger partial charge in [-0.2, -0.15) is 0 Å². The Morgan fingerprint density at radius 2 is 2.27 bits per heavy atom. The molecule has 0 aromatic heterocycles. The van der Waals surface area contributed by atoms with E-state index >= 15 is 0 Å². The van der Waals surface area contributed by atoms with Gasteiger partial charge in [0.1, 0.15) is 6.10 Å². The highest BCUT2D eigenvalue weighted by Crippen LogP contribution is 2.39. The van der Waals surface area contributed by atoms with Crippen molar-refractivity contribution in [2.24, 2.45) is 0 Å². The Morgan fingerprint density at radius 3 is 2.55 bits per heavy atom. The molecule has 1 heterocycles. The van der Waals surface area contributed by atoms with E-state index in [1.807, 2.05) is 0 Å². The zero-order chi connectivity index (χ0) is 8.01. The summed E-state index contributed by atoms with van der Waals surface area (Å²) < 4.78 is 5.57. The largest absolute Gasteiger partial charge is 0.474 e. The molecule has 2 aliphatic rings. The fraction of sp³-hybridized carbons (Fsp3) is 0.778. The molecule has 1 saturated heterocycles. The van der Waals surface area contributed by atoms with E-state index in [2.05, 4.69) is 25.3 Å². The van der Waals surface area contributed by atoms with Gasteiger partial charge in [-0.05, 0) is 33.3 Å². The molecule has 0 aromatic carbocycles. The Balaban J connectivity index is 2.13. The summed E-state index contributed by atoms with van der Waals surface area (Å²) in [6.45, 7) is 8.28. The molecular formula is C9H15NO. The van der Waals surface area contributed by atoms with Gasteiger partial charge in [0.25, 0.3) is 0 Å². The van der Waals surface area contributed by atoms with E-state index in [-0.39, 0.29) is 0 Å². The molecule has 1 saturated carbocycles. The van der Waals surface area contributed by atoms with Crippen molar-refractivity contribution in [3.05, 3.63) is 12.5 Å². The SMILES string of the molecule is C=C1O[C@H]2CC[C@H]2N1C(C)C. The van der Waals surface area contributed by atoms with Crippen molar-refractivity contribution >= 4 is 0 Å². The lowest BCUT2D eigenvalue weighted by Gasteiger charge is -2.35. The van der Waals surface area contributed by atoms with E-state index in [4.69, 9.17) is 4.74 Å². The monoisotopic (exact) mass is 153 g/mol. The van der Waals surface area contributed by atoms with E-state index in [0.717, 1.165) is 5.88 Å². The second-order valence-electron chi connectivity index (χ2n) is 3.70. The molecule has 0 radical (unpaired) electrons. The smallest absolute Gasteiger partial charge is 0.182 e. The predicted molar refractivity (Wildman–Crippen MR) is 44.0 cm³/mol. The minimum atomic E-state index is 0.463. The minimum absolute atomic E-state index is 0.463. The van der Waals surface area contributed by atoms with Crippen LogP contribution in [0.3, 0.4) is 0 Å². The summed E-state index contributed by atoms with van der Waals surface area (Å²) in [7, 11) is 0. The van der Waals surface area contributed by atoms with Crippen LogP contribution in [0.1, 0.15) is 26.7 Å². The first kappa shape index (κ1) is 7.01. The van der Waals surface area contributed by atoms with Crippen LogP contribution in [-0.4, -0.2) is 23.1 Å². The summed E-state index contributed by atoms with van der Waals surface area (Å²) in [4.78, 5) is 2.30. The number of rotatable bonds is 1. The van der Waals surface area contributed by atoms with Gasteiger partial charge in [-0.25, -0.2) is 0 Å². The highest BCUT2D eigenvalue weighted by atomic mass is 16.5. The molecule has 11 heavy (non-hydrogen) atoms. The van der Waals surface area contributed by atoms with Crippen LogP contribution in [0, 0.1) is 0 Å². The number of hydrogen-bond donors (Lipinski definition) is 0. The lowest BCUT2D eigenvalue weighted by atomic mass is 9.88. The lowest BCUT2D eigenvalue weighted by Crippen LogP contribution is -2.45. The van der Waals surface area contributed by atoms with Crippen LogP contribution in [-0.2, 0) is 4.74 Å². The molecule has 0 aromatic rings. The molecule has 1 aliphatic heterocycles. The first-order valence-electron chi connectivity index (χ1n) is 4.34. The standard InChI is InChI=1S/C9H15NO/c1-6(2)10-7(3)11-9-5-4-8(9)10/h6,8-9H,3-5H2,1-2H3/t8-,9+/m1/s1. The molecule has 0 spiro atoms. The molecular weight excluding hydrogens is 138 g/mol. The van der Waals surface area contributed by atoms with Crippen LogP contribution in [0.4, 0.5) is 0 Å². The summed E-state index contributed by atoms with van der Waals surface area (Å²) in [5.41, 5.74) is 0. The Bertz CT molecular complexity index is 188. The molecule has 62 valence electrons. The third kappa shape index (κ3) is 0.849. The van der Waals surface area contributed by atoms with Crippen molar-refractivity contribution in [2.45, 2.75) is 44.9 Å².